The minimum atomic E-state index is -0.257. The highest BCUT2D eigenvalue weighted by molar-refractivity contribution is 7.09. The maximum absolute atomic E-state index is 11.2. The average molecular weight is 225 g/mol. The molecule has 0 aliphatic heterocycles. The van der Waals surface area contributed by atoms with E-state index in [1.54, 1.807) is 11.3 Å². The molecule has 15 heavy (non-hydrogen) atoms. The van der Waals surface area contributed by atoms with Crippen molar-refractivity contribution in [2.45, 2.75) is 20.3 Å². The van der Waals surface area contributed by atoms with Crippen molar-refractivity contribution in [3.63, 3.8) is 0 Å². The Morgan fingerprint density at radius 3 is 2.93 bits per heavy atom. The van der Waals surface area contributed by atoms with Gasteiger partial charge in [0.05, 0.1) is 0 Å². The van der Waals surface area contributed by atoms with Crippen LogP contribution in [-0.4, -0.2) is 18.3 Å². The SMILES string of the molecule is CC(C)=NNC(=O)NCCc1cccs1. The van der Waals surface area contributed by atoms with E-state index >= 15 is 0 Å². The number of nitrogens with zero attached hydrogens (tertiary/aromatic N) is 1. The molecule has 0 aromatic carbocycles. The van der Waals surface area contributed by atoms with Gasteiger partial charge in [-0.25, -0.2) is 10.2 Å². The van der Waals surface area contributed by atoms with Crippen molar-refractivity contribution in [3.8, 4) is 0 Å². The van der Waals surface area contributed by atoms with Crippen molar-refractivity contribution in [2.75, 3.05) is 6.54 Å². The van der Waals surface area contributed by atoms with E-state index in [1.165, 1.54) is 4.88 Å². The van der Waals surface area contributed by atoms with Gasteiger partial charge < -0.3 is 5.32 Å². The molecule has 0 unspecified atom stereocenters. The number of carbonyl (C=O) groups excluding carboxylic acids is 1. The van der Waals surface area contributed by atoms with Crippen LogP contribution < -0.4 is 10.7 Å². The molecule has 5 heteroatoms. The van der Waals surface area contributed by atoms with Gasteiger partial charge in [0.15, 0.2) is 0 Å². The van der Waals surface area contributed by atoms with Gasteiger partial charge >= 0.3 is 6.03 Å². The lowest BCUT2D eigenvalue weighted by molar-refractivity contribution is 0.241. The van der Waals surface area contributed by atoms with Gasteiger partial charge in [-0.15, -0.1) is 11.3 Å². The number of thiophene rings is 1. The van der Waals surface area contributed by atoms with Crippen LogP contribution in [0.15, 0.2) is 22.6 Å². The summed E-state index contributed by atoms with van der Waals surface area (Å²) in [4.78, 5) is 12.4. The number of carbonyl (C=O) groups is 1. The third kappa shape index (κ3) is 5.17. The fourth-order valence-electron chi connectivity index (χ4n) is 0.956. The summed E-state index contributed by atoms with van der Waals surface area (Å²) >= 11 is 1.69. The van der Waals surface area contributed by atoms with Gasteiger partial charge in [-0.3, -0.25) is 0 Å². The van der Waals surface area contributed by atoms with Crippen LogP contribution in [0.3, 0.4) is 0 Å². The molecule has 2 amide bonds. The number of amides is 2. The van der Waals surface area contributed by atoms with Crippen molar-refractivity contribution < 1.29 is 4.79 Å². The zero-order chi connectivity index (χ0) is 11.1. The van der Waals surface area contributed by atoms with Gasteiger partial charge in [-0.1, -0.05) is 6.07 Å². The molecule has 4 nitrogen and oxygen atoms in total. The molecule has 0 aliphatic carbocycles. The maximum atomic E-state index is 11.2. The van der Waals surface area contributed by atoms with Crippen LogP contribution in [0.25, 0.3) is 0 Å². The molecule has 2 N–H and O–H groups in total. The maximum Gasteiger partial charge on any atom is 0.335 e. The third-order valence-electron chi connectivity index (χ3n) is 1.62. The second kappa shape index (κ2) is 6.19. The zero-order valence-electron chi connectivity index (χ0n) is 8.91. The van der Waals surface area contributed by atoms with E-state index in [-0.39, 0.29) is 6.03 Å². The lowest BCUT2D eigenvalue weighted by Crippen LogP contribution is -2.33. The monoisotopic (exact) mass is 225 g/mol. The van der Waals surface area contributed by atoms with Crippen LogP contribution in [0.4, 0.5) is 4.79 Å². The normalized spacial score (nSPS) is 9.47. The van der Waals surface area contributed by atoms with Crippen molar-refractivity contribution in [2.24, 2.45) is 5.10 Å². The molecule has 0 fully saturated rings. The lowest BCUT2D eigenvalue weighted by Gasteiger charge is -2.02. The van der Waals surface area contributed by atoms with E-state index in [1.807, 2.05) is 25.3 Å². The van der Waals surface area contributed by atoms with E-state index in [4.69, 9.17) is 0 Å². The number of rotatable bonds is 4. The van der Waals surface area contributed by atoms with Crippen molar-refractivity contribution in [3.05, 3.63) is 22.4 Å². The van der Waals surface area contributed by atoms with Crippen LogP contribution in [-0.2, 0) is 6.42 Å². The van der Waals surface area contributed by atoms with Gasteiger partial charge in [0.2, 0.25) is 0 Å². The van der Waals surface area contributed by atoms with Crippen molar-refractivity contribution >= 4 is 23.1 Å². The summed E-state index contributed by atoms with van der Waals surface area (Å²) in [6.45, 7) is 4.28. The third-order valence-corrected chi connectivity index (χ3v) is 2.55. The summed E-state index contributed by atoms with van der Waals surface area (Å²) in [5.74, 6) is 0. The van der Waals surface area contributed by atoms with Crippen LogP contribution in [0.1, 0.15) is 18.7 Å². The van der Waals surface area contributed by atoms with Crippen LogP contribution >= 0.6 is 11.3 Å². The highest BCUT2D eigenvalue weighted by atomic mass is 32.1. The number of hydrazone groups is 1. The van der Waals surface area contributed by atoms with Gasteiger partial charge in [0, 0.05) is 17.1 Å². The van der Waals surface area contributed by atoms with E-state index in [2.05, 4.69) is 21.9 Å². The molecule has 0 saturated carbocycles. The first-order chi connectivity index (χ1) is 7.18. The smallest absolute Gasteiger partial charge is 0.335 e. The number of nitrogens with one attached hydrogen (secondary N) is 2. The molecule has 1 aromatic rings. The predicted molar refractivity (Wildman–Crippen MR) is 63.3 cm³/mol. The first-order valence-electron chi connectivity index (χ1n) is 4.75. The van der Waals surface area contributed by atoms with E-state index in [9.17, 15) is 4.79 Å². The van der Waals surface area contributed by atoms with Crippen molar-refractivity contribution in [1.82, 2.24) is 10.7 Å². The minimum absolute atomic E-state index is 0.257. The fourth-order valence-corrected chi connectivity index (χ4v) is 1.67. The molecule has 1 aromatic heterocycles. The summed E-state index contributed by atoms with van der Waals surface area (Å²) in [6, 6.07) is 3.80. The fraction of sp³-hybridized carbons (Fsp3) is 0.400. The first-order valence-corrected chi connectivity index (χ1v) is 5.63. The number of hydrogen-bond donors (Lipinski definition) is 2. The molecule has 0 saturated heterocycles. The van der Waals surface area contributed by atoms with Gasteiger partial charge in [-0.2, -0.15) is 5.10 Å². The highest BCUT2D eigenvalue weighted by Crippen LogP contribution is 2.07. The first kappa shape index (κ1) is 11.7. The van der Waals surface area contributed by atoms with Gasteiger partial charge in [0.1, 0.15) is 0 Å². The Kier molecular flexibility index (Phi) is 4.83. The molecule has 1 rings (SSSR count). The van der Waals surface area contributed by atoms with E-state index in [0.717, 1.165) is 12.1 Å². The van der Waals surface area contributed by atoms with Gasteiger partial charge in [0.25, 0.3) is 0 Å². The largest absolute Gasteiger partial charge is 0.336 e. The lowest BCUT2D eigenvalue weighted by atomic mass is 10.3. The summed E-state index contributed by atoms with van der Waals surface area (Å²) in [6.07, 6.45) is 0.861. The van der Waals surface area contributed by atoms with Crippen LogP contribution in [0.5, 0.6) is 0 Å². The molecular formula is C10H15N3OS. The van der Waals surface area contributed by atoms with Gasteiger partial charge in [-0.05, 0) is 31.7 Å². The van der Waals surface area contributed by atoms with Crippen LogP contribution in [0.2, 0.25) is 0 Å². The highest BCUT2D eigenvalue weighted by Gasteiger charge is 1.98. The predicted octanol–water partition coefficient (Wildman–Crippen LogP) is 1.99. The minimum Gasteiger partial charge on any atom is -0.336 e. The van der Waals surface area contributed by atoms with E-state index in [0.29, 0.717) is 6.54 Å². The summed E-state index contributed by atoms with van der Waals surface area (Å²) in [5.41, 5.74) is 3.23. The molecule has 0 spiro atoms. The van der Waals surface area contributed by atoms with Crippen molar-refractivity contribution in [1.29, 1.82) is 0 Å². The molecular weight excluding hydrogens is 210 g/mol. The molecule has 82 valence electrons. The Balaban J connectivity index is 2.15. The van der Waals surface area contributed by atoms with Crippen LogP contribution in [0, 0.1) is 0 Å². The Bertz CT molecular complexity index is 328. The summed E-state index contributed by atoms with van der Waals surface area (Å²) in [7, 11) is 0. The molecule has 0 atom stereocenters. The standard InChI is InChI=1S/C10H15N3OS/c1-8(2)12-13-10(14)11-6-5-9-4-3-7-15-9/h3-4,7H,5-6H2,1-2H3,(H2,11,13,14). The Morgan fingerprint density at radius 1 is 1.53 bits per heavy atom. The average Bonchev–Trinajstić information content (AvgIpc) is 2.67. The summed E-state index contributed by atoms with van der Waals surface area (Å²) in [5, 5.41) is 8.55. The topological polar surface area (TPSA) is 53.5 Å². The Hall–Kier alpha value is -1.36. The molecule has 1 heterocycles. The zero-order valence-corrected chi connectivity index (χ0v) is 9.73. The summed E-state index contributed by atoms with van der Waals surface area (Å²) < 4.78 is 0. The second-order valence-electron chi connectivity index (χ2n) is 3.26. The number of hydrogen-bond acceptors (Lipinski definition) is 3. The Labute approximate surface area is 93.4 Å². The molecule has 0 radical (unpaired) electrons. The second-order valence-corrected chi connectivity index (χ2v) is 4.29. The quantitative estimate of drug-likeness (QED) is 0.597. The molecule has 0 aliphatic rings. The Morgan fingerprint density at radius 2 is 2.33 bits per heavy atom. The molecule has 0 bridgehead atoms. The number of urea groups is 1. The van der Waals surface area contributed by atoms with E-state index < -0.39 is 0 Å².